The molecule has 2 saturated heterocycles. The fraction of sp³-hybridized carbons (Fsp3) is 1.00. The predicted octanol–water partition coefficient (Wildman–Crippen LogP) is -2.14. The van der Waals surface area contributed by atoms with E-state index in [4.69, 9.17) is 0 Å². The van der Waals surface area contributed by atoms with Crippen molar-refractivity contribution in [3.05, 3.63) is 0 Å². The monoisotopic (exact) mass is 354 g/mol. The van der Waals surface area contributed by atoms with Crippen LogP contribution in [-0.2, 0) is 0 Å². The summed E-state index contributed by atoms with van der Waals surface area (Å²) in [5, 5.41) is 14.6. The molecule has 0 radical (unpaired) electrons. The van der Waals surface area contributed by atoms with Gasteiger partial charge in [0.1, 0.15) is 0 Å². The third kappa shape index (κ3) is 4.78. The number of rotatable bonds is 5. The minimum atomic E-state index is 0.212. The zero-order chi connectivity index (χ0) is 19.8. The van der Waals surface area contributed by atoms with Crippen molar-refractivity contribution in [1.29, 1.82) is 0 Å². The van der Waals surface area contributed by atoms with Gasteiger partial charge in [0.15, 0.2) is 0 Å². The lowest BCUT2D eigenvalue weighted by molar-refractivity contribution is 0.572. The van der Waals surface area contributed by atoms with Gasteiger partial charge in [-0.25, -0.2) is 0 Å². The highest BCUT2D eigenvalue weighted by molar-refractivity contribution is 7.26. The Kier molecular flexibility index (Phi) is 7.90. The Hall–Kier alpha value is 0.199. The van der Waals surface area contributed by atoms with Gasteiger partial charge in [-0.3, -0.25) is 0 Å². The standard InChI is InChI=1S/C10H34B8N8/c1-11-19-13(3)25(14(4)20-11)17(23(7)8)18(24(9)10)26-15(5)21-12(2)22-16(26)6/h19-22H,1-10H3. The van der Waals surface area contributed by atoms with Gasteiger partial charge in [0.05, 0.1) is 0 Å². The van der Waals surface area contributed by atoms with Crippen LogP contribution in [0.15, 0.2) is 0 Å². The summed E-state index contributed by atoms with van der Waals surface area (Å²) in [6.07, 6.45) is 0. The molecular weight excluding hydrogens is 319 g/mol. The van der Waals surface area contributed by atoms with Crippen LogP contribution in [0.1, 0.15) is 0 Å². The van der Waals surface area contributed by atoms with Gasteiger partial charge in [-0.1, -0.05) is 40.9 Å². The highest BCUT2D eigenvalue weighted by atomic mass is 15.3. The van der Waals surface area contributed by atoms with E-state index >= 15 is 0 Å². The average molecular weight is 353 g/mol. The van der Waals surface area contributed by atoms with Crippen LogP contribution < -0.4 is 20.6 Å². The fourth-order valence-electron chi connectivity index (χ4n) is 4.85. The van der Waals surface area contributed by atoms with Crippen molar-refractivity contribution in [2.75, 3.05) is 28.2 Å². The highest BCUT2D eigenvalue weighted by Gasteiger charge is 2.53. The molecule has 16 heteroatoms. The fourth-order valence-corrected chi connectivity index (χ4v) is 4.85. The lowest BCUT2D eigenvalue weighted by Gasteiger charge is -2.52. The first kappa shape index (κ1) is 22.5. The molecular formula is C10H34B8N8. The molecule has 0 unspecified atom stereocenters. The highest BCUT2D eigenvalue weighted by Crippen LogP contribution is 2.16. The number of hydrogen-bond acceptors (Lipinski definition) is 8. The van der Waals surface area contributed by atoms with Crippen molar-refractivity contribution in [3.63, 3.8) is 0 Å². The normalized spacial score (nSPS) is 20.8. The van der Waals surface area contributed by atoms with E-state index in [9.17, 15) is 0 Å². The number of nitrogens with one attached hydrogen (secondary N) is 4. The first-order valence-corrected chi connectivity index (χ1v) is 9.96. The third-order valence-electron chi connectivity index (χ3n) is 5.69. The molecule has 2 fully saturated rings. The lowest BCUT2D eigenvalue weighted by atomic mass is 9.20. The quantitative estimate of drug-likeness (QED) is 0.418. The van der Waals surface area contributed by atoms with E-state index in [1.165, 1.54) is 0 Å². The second kappa shape index (κ2) is 9.13. The molecule has 0 aliphatic carbocycles. The topological polar surface area (TPSA) is 61.1 Å². The van der Waals surface area contributed by atoms with Gasteiger partial charge in [0, 0.05) is 0 Å². The molecule has 0 aromatic rings. The summed E-state index contributed by atoms with van der Waals surface area (Å²) in [6, 6.07) is 0. The van der Waals surface area contributed by atoms with Crippen molar-refractivity contribution >= 4 is 55.6 Å². The third-order valence-corrected chi connectivity index (χ3v) is 5.69. The maximum Gasteiger partial charge on any atom is 0.290 e. The van der Waals surface area contributed by atoms with Gasteiger partial charge < -0.3 is 39.4 Å². The molecule has 2 heterocycles. The van der Waals surface area contributed by atoms with E-state index in [0.717, 1.165) is 0 Å². The SMILES string of the molecule is CB1NB(C)N(B(B(N(C)C)N2B(C)NB(C)NB2C)N(C)C)B(C)N1. The zero-order valence-corrected chi connectivity index (χ0v) is 18.4. The second-order valence-corrected chi connectivity index (χ2v) is 8.46. The smallest absolute Gasteiger partial charge is 0.290 e. The predicted molar refractivity (Wildman–Crippen MR) is 125 cm³/mol. The first-order chi connectivity index (χ1) is 12.0. The van der Waals surface area contributed by atoms with E-state index in [1.807, 2.05) is 0 Å². The summed E-state index contributed by atoms with van der Waals surface area (Å²) in [5.41, 5.74) is 0. The Balaban J connectivity index is 2.37. The molecule has 0 saturated carbocycles. The van der Waals surface area contributed by atoms with Crippen molar-refractivity contribution in [1.82, 2.24) is 39.4 Å². The second-order valence-electron chi connectivity index (χ2n) is 8.46. The van der Waals surface area contributed by atoms with Crippen molar-refractivity contribution < 1.29 is 0 Å². The molecule has 2 aliphatic heterocycles. The van der Waals surface area contributed by atoms with Crippen LogP contribution in [0.25, 0.3) is 0 Å². The molecule has 0 bridgehead atoms. The van der Waals surface area contributed by atoms with Crippen LogP contribution in [0.4, 0.5) is 0 Å². The molecule has 0 aromatic heterocycles. The van der Waals surface area contributed by atoms with Gasteiger partial charge in [-0.15, -0.1) is 0 Å². The molecule has 0 spiro atoms. The van der Waals surface area contributed by atoms with E-state index in [1.54, 1.807) is 0 Å². The van der Waals surface area contributed by atoms with Crippen LogP contribution in [0.2, 0.25) is 40.9 Å². The molecule has 0 atom stereocenters. The van der Waals surface area contributed by atoms with E-state index in [0.29, 0.717) is 14.0 Å². The Morgan fingerprint density at radius 3 is 0.962 bits per heavy atom. The van der Waals surface area contributed by atoms with Crippen molar-refractivity contribution in [2.24, 2.45) is 0 Å². The van der Waals surface area contributed by atoms with E-state index in [2.05, 4.69) is 109 Å². The van der Waals surface area contributed by atoms with Crippen molar-refractivity contribution in [3.8, 4) is 0 Å². The Morgan fingerprint density at radius 1 is 0.538 bits per heavy atom. The maximum absolute atomic E-state index is 3.64. The van der Waals surface area contributed by atoms with E-state index in [-0.39, 0.29) is 41.7 Å². The van der Waals surface area contributed by atoms with E-state index < -0.39 is 0 Å². The summed E-state index contributed by atoms with van der Waals surface area (Å²) in [5.74, 6) is 0. The summed E-state index contributed by atoms with van der Waals surface area (Å²) in [6.45, 7) is 15.6. The van der Waals surface area contributed by atoms with Gasteiger partial charge in [-0.05, 0) is 28.2 Å². The van der Waals surface area contributed by atoms with Crippen molar-refractivity contribution in [2.45, 2.75) is 40.9 Å². The molecule has 138 valence electrons. The summed E-state index contributed by atoms with van der Waals surface area (Å²) in [7, 11) is 8.73. The summed E-state index contributed by atoms with van der Waals surface area (Å²) < 4.78 is 5.09. The summed E-state index contributed by atoms with van der Waals surface area (Å²) >= 11 is 0. The minimum absolute atomic E-state index is 0.212. The lowest BCUT2D eigenvalue weighted by Crippen LogP contribution is -2.87. The minimum Gasteiger partial charge on any atom is -0.390 e. The molecule has 2 aliphatic rings. The largest absolute Gasteiger partial charge is 0.390 e. The zero-order valence-electron chi connectivity index (χ0n) is 18.4. The molecule has 8 nitrogen and oxygen atoms in total. The summed E-state index contributed by atoms with van der Waals surface area (Å²) in [4.78, 5) is 4.68. The Bertz CT molecular complexity index is 399. The molecule has 2 rings (SSSR count). The number of nitrogens with zero attached hydrogens (tertiary/aromatic N) is 4. The molecule has 4 N–H and O–H groups in total. The average Bonchev–Trinajstić information content (AvgIpc) is 2.46. The number of hydrogen-bond donors (Lipinski definition) is 4. The molecule has 0 aromatic carbocycles. The molecule has 26 heavy (non-hydrogen) atoms. The maximum atomic E-state index is 3.64. The van der Waals surface area contributed by atoms with Crippen LogP contribution in [0.5, 0.6) is 0 Å². The van der Waals surface area contributed by atoms with Gasteiger partial charge in [0.25, 0.3) is 55.6 Å². The Labute approximate surface area is 164 Å². The van der Waals surface area contributed by atoms with Gasteiger partial charge in [0.2, 0.25) is 0 Å². The van der Waals surface area contributed by atoms with Crippen LogP contribution in [-0.4, -0.2) is 103 Å². The van der Waals surface area contributed by atoms with Gasteiger partial charge in [-0.2, -0.15) is 0 Å². The first-order valence-electron chi connectivity index (χ1n) is 9.96. The Morgan fingerprint density at radius 2 is 0.769 bits per heavy atom. The molecule has 0 amide bonds. The van der Waals surface area contributed by atoms with Gasteiger partial charge >= 0.3 is 0 Å². The van der Waals surface area contributed by atoms with Crippen LogP contribution >= 0.6 is 0 Å². The van der Waals surface area contributed by atoms with Crippen LogP contribution in [0.3, 0.4) is 0 Å². The van der Waals surface area contributed by atoms with Crippen LogP contribution in [0, 0.1) is 0 Å².